The SMILES string of the molecule is C=C/C(=C\C=C(/C)Cl)C(=O)Nc1ccc(-c2ccc(C)c3ncccc23)c(N)n1. The van der Waals surface area contributed by atoms with E-state index in [1.54, 1.807) is 31.3 Å². The molecule has 0 saturated carbocycles. The number of carbonyl (C=O) groups is 1. The van der Waals surface area contributed by atoms with Gasteiger partial charge >= 0.3 is 0 Å². The van der Waals surface area contributed by atoms with E-state index in [9.17, 15) is 4.79 Å². The lowest BCUT2D eigenvalue weighted by atomic mass is 9.99. The number of hydrogen-bond acceptors (Lipinski definition) is 4. The number of hydrogen-bond donors (Lipinski definition) is 2. The number of aromatic nitrogens is 2. The highest BCUT2D eigenvalue weighted by molar-refractivity contribution is 6.29. The molecular weight excluding hydrogens is 384 g/mol. The van der Waals surface area contributed by atoms with Gasteiger partial charge in [0.25, 0.3) is 5.91 Å². The largest absolute Gasteiger partial charge is 0.383 e. The molecule has 2 aromatic heterocycles. The van der Waals surface area contributed by atoms with Gasteiger partial charge in [-0.2, -0.15) is 0 Å². The predicted octanol–water partition coefficient (Wildman–Crippen LogP) is 5.38. The number of rotatable bonds is 5. The van der Waals surface area contributed by atoms with Crippen molar-refractivity contribution in [3.8, 4) is 11.1 Å². The molecule has 0 fully saturated rings. The second kappa shape index (κ2) is 8.71. The lowest BCUT2D eigenvalue weighted by Crippen LogP contribution is -2.14. The molecule has 0 spiro atoms. The topological polar surface area (TPSA) is 80.9 Å². The molecule has 0 bridgehead atoms. The minimum atomic E-state index is -0.348. The van der Waals surface area contributed by atoms with Gasteiger partial charge in [0.15, 0.2) is 0 Å². The number of amides is 1. The van der Waals surface area contributed by atoms with Crippen molar-refractivity contribution in [2.75, 3.05) is 11.1 Å². The third kappa shape index (κ3) is 4.52. The van der Waals surface area contributed by atoms with Gasteiger partial charge in [-0.15, -0.1) is 0 Å². The molecule has 1 amide bonds. The van der Waals surface area contributed by atoms with Crippen LogP contribution in [0, 0.1) is 6.92 Å². The Kier molecular flexibility index (Phi) is 6.10. The van der Waals surface area contributed by atoms with Gasteiger partial charge in [0.05, 0.1) is 5.52 Å². The maximum absolute atomic E-state index is 12.4. The summed E-state index contributed by atoms with van der Waals surface area (Å²) in [6.07, 6.45) is 6.44. The van der Waals surface area contributed by atoms with Crippen molar-refractivity contribution in [1.29, 1.82) is 0 Å². The highest BCUT2D eigenvalue weighted by Gasteiger charge is 2.12. The van der Waals surface area contributed by atoms with Crippen molar-refractivity contribution in [3.63, 3.8) is 0 Å². The molecule has 5 nitrogen and oxygen atoms in total. The lowest BCUT2D eigenvalue weighted by molar-refractivity contribution is -0.112. The number of carbonyl (C=O) groups excluding carboxylic acids is 1. The zero-order valence-electron chi connectivity index (χ0n) is 16.2. The van der Waals surface area contributed by atoms with Gasteiger partial charge in [-0.1, -0.05) is 42.5 Å². The van der Waals surface area contributed by atoms with Crippen LogP contribution in [0.2, 0.25) is 0 Å². The first-order valence-electron chi connectivity index (χ1n) is 9.00. The summed E-state index contributed by atoms with van der Waals surface area (Å²) in [4.78, 5) is 21.2. The summed E-state index contributed by atoms with van der Waals surface area (Å²) in [6, 6.07) is 11.5. The van der Waals surface area contributed by atoms with E-state index in [0.717, 1.165) is 27.6 Å². The molecule has 0 unspecified atom stereocenters. The summed E-state index contributed by atoms with van der Waals surface area (Å²) in [6.45, 7) is 7.40. The van der Waals surface area contributed by atoms with Crippen LogP contribution in [-0.4, -0.2) is 15.9 Å². The zero-order chi connectivity index (χ0) is 21.0. The Labute approximate surface area is 174 Å². The first-order valence-corrected chi connectivity index (χ1v) is 9.37. The third-order valence-electron chi connectivity index (χ3n) is 4.40. The van der Waals surface area contributed by atoms with Gasteiger partial charge in [-0.25, -0.2) is 4.98 Å². The monoisotopic (exact) mass is 404 g/mol. The van der Waals surface area contributed by atoms with Crippen LogP contribution in [0.1, 0.15) is 12.5 Å². The van der Waals surface area contributed by atoms with Crippen LogP contribution in [0.5, 0.6) is 0 Å². The summed E-state index contributed by atoms with van der Waals surface area (Å²) in [7, 11) is 0. The maximum atomic E-state index is 12.4. The van der Waals surface area contributed by atoms with Gasteiger partial charge in [0.1, 0.15) is 11.6 Å². The second-order valence-corrected chi connectivity index (χ2v) is 7.09. The first kappa shape index (κ1) is 20.3. The average molecular weight is 405 g/mol. The van der Waals surface area contributed by atoms with Crippen LogP contribution in [0.4, 0.5) is 11.6 Å². The van der Waals surface area contributed by atoms with E-state index >= 15 is 0 Å². The van der Waals surface area contributed by atoms with Crippen molar-refractivity contribution in [3.05, 3.63) is 83.6 Å². The Balaban J connectivity index is 1.93. The van der Waals surface area contributed by atoms with Crippen molar-refractivity contribution in [2.24, 2.45) is 0 Å². The van der Waals surface area contributed by atoms with E-state index in [2.05, 4.69) is 21.9 Å². The van der Waals surface area contributed by atoms with Crippen LogP contribution in [0.3, 0.4) is 0 Å². The number of benzene rings is 1. The Bertz CT molecular complexity index is 1160. The van der Waals surface area contributed by atoms with Gasteiger partial charge in [-0.3, -0.25) is 9.78 Å². The number of pyridine rings is 2. The molecule has 146 valence electrons. The van der Waals surface area contributed by atoms with Crippen molar-refractivity contribution < 1.29 is 4.79 Å². The van der Waals surface area contributed by atoms with Crippen molar-refractivity contribution in [2.45, 2.75) is 13.8 Å². The van der Waals surface area contributed by atoms with Gasteiger partial charge in [-0.05, 0) is 55.3 Å². The number of nitrogen functional groups attached to an aromatic ring is 1. The van der Waals surface area contributed by atoms with E-state index in [1.165, 1.54) is 6.08 Å². The molecule has 0 aliphatic carbocycles. The molecule has 0 aliphatic rings. The zero-order valence-corrected chi connectivity index (χ0v) is 17.0. The highest BCUT2D eigenvalue weighted by atomic mass is 35.5. The van der Waals surface area contributed by atoms with Gasteiger partial charge in [0.2, 0.25) is 0 Å². The van der Waals surface area contributed by atoms with E-state index in [4.69, 9.17) is 17.3 Å². The number of halogens is 1. The van der Waals surface area contributed by atoms with Crippen LogP contribution < -0.4 is 11.1 Å². The normalized spacial score (nSPS) is 12.1. The summed E-state index contributed by atoms with van der Waals surface area (Å²) in [5, 5.41) is 4.29. The number of nitrogens with one attached hydrogen (secondary N) is 1. The summed E-state index contributed by atoms with van der Waals surface area (Å²) in [5.41, 5.74) is 10.3. The molecule has 3 rings (SSSR count). The Morgan fingerprint density at radius 2 is 1.93 bits per heavy atom. The molecule has 6 heteroatoms. The molecule has 2 heterocycles. The highest BCUT2D eigenvalue weighted by Crippen LogP contribution is 2.33. The quantitative estimate of drug-likeness (QED) is 0.441. The number of allylic oxidation sites excluding steroid dienone is 3. The van der Waals surface area contributed by atoms with E-state index < -0.39 is 0 Å². The molecule has 3 N–H and O–H groups in total. The lowest BCUT2D eigenvalue weighted by Gasteiger charge is -2.12. The summed E-state index contributed by atoms with van der Waals surface area (Å²) >= 11 is 5.81. The van der Waals surface area contributed by atoms with Crippen LogP contribution in [0.15, 0.2) is 78.0 Å². The number of nitrogens with zero attached hydrogens (tertiary/aromatic N) is 2. The fourth-order valence-electron chi connectivity index (χ4n) is 2.95. The molecule has 0 radical (unpaired) electrons. The van der Waals surface area contributed by atoms with E-state index in [0.29, 0.717) is 22.2 Å². The maximum Gasteiger partial charge on any atom is 0.256 e. The minimum Gasteiger partial charge on any atom is -0.383 e. The Hall–Kier alpha value is -3.44. The number of aryl methyl sites for hydroxylation is 1. The average Bonchev–Trinajstić information content (AvgIpc) is 2.69. The van der Waals surface area contributed by atoms with Crippen LogP contribution >= 0.6 is 11.6 Å². The fraction of sp³-hybridized carbons (Fsp3) is 0.0870. The smallest absolute Gasteiger partial charge is 0.256 e. The van der Waals surface area contributed by atoms with Crippen molar-refractivity contribution in [1.82, 2.24) is 9.97 Å². The molecule has 0 aliphatic heterocycles. The molecule has 1 aromatic carbocycles. The number of anilines is 2. The molecular formula is C23H21ClN4O. The van der Waals surface area contributed by atoms with Crippen LogP contribution in [0.25, 0.3) is 22.0 Å². The molecule has 0 atom stereocenters. The molecule has 0 saturated heterocycles. The van der Waals surface area contributed by atoms with Gasteiger partial charge < -0.3 is 11.1 Å². The minimum absolute atomic E-state index is 0.317. The summed E-state index contributed by atoms with van der Waals surface area (Å²) in [5.74, 6) is 0.321. The Morgan fingerprint density at radius 3 is 2.62 bits per heavy atom. The standard InChI is InChI=1S/C23H21ClN4O/c1-4-16(9-8-15(3)24)23(29)28-20-12-11-19(22(25)27-20)17-10-7-14(2)21-18(17)6-5-13-26-21/h4-13H,1H2,2-3H3,(H3,25,27,28,29)/b15-8+,16-9+. The predicted molar refractivity (Wildman–Crippen MR) is 121 cm³/mol. The summed E-state index contributed by atoms with van der Waals surface area (Å²) < 4.78 is 0. The number of nitrogens with two attached hydrogens (primary N) is 1. The fourth-order valence-corrected chi connectivity index (χ4v) is 3.01. The second-order valence-electron chi connectivity index (χ2n) is 6.49. The van der Waals surface area contributed by atoms with Crippen LogP contribution in [-0.2, 0) is 4.79 Å². The van der Waals surface area contributed by atoms with E-state index in [1.807, 2.05) is 37.3 Å². The molecule has 3 aromatic rings. The first-order chi connectivity index (χ1) is 13.9. The van der Waals surface area contributed by atoms with Gasteiger partial charge in [0, 0.05) is 27.8 Å². The Morgan fingerprint density at radius 1 is 1.17 bits per heavy atom. The van der Waals surface area contributed by atoms with E-state index in [-0.39, 0.29) is 5.91 Å². The number of fused-ring (bicyclic) bond motifs is 1. The third-order valence-corrected chi connectivity index (χ3v) is 4.53. The molecule has 29 heavy (non-hydrogen) atoms. The van der Waals surface area contributed by atoms with Crippen molar-refractivity contribution >= 4 is 40.0 Å².